The third-order valence-corrected chi connectivity index (χ3v) is 5.11. The molecule has 0 aliphatic carbocycles. The Kier molecular flexibility index (Phi) is 5.01. The molecule has 0 spiro atoms. The van der Waals surface area contributed by atoms with Crippen LogP contribution >= 0.6 is 0 Å². The molecule has 32 heavy (non-hydrogen) atoms. The molecule has 2 heterocycles. The molecule has 2 aromatic heterocycles. The van der Waals surface area contributed by atoms with Crippen LogP contribution in [-0.2, 0) is 0 Å². The quantitative estimate of drug-likeness (QED) is 0.415. The summed E-state index contributed by atoms with van der Waals surface area (Å²) in [6, 6.07) is 25.8. The highest BCUT2D eigenvalue weighted by Gasteiger charge is 2.10. The number of aromatic nitrogens is 2. The van der Waals surface area contributed by atoms with E-state index in [0.29, 0.717) is 22.5 Å². The van der Waals surface area contributed by atoms with E-state index in [9.17, 15) is 9.59 Å². The zero-order chi connectivity index (χ0) is 21.9. The zero-order valence-corrected chi connectivity index (χ0v) is 16.9. The van der Waals surface area contributed by atoms with Gasteiger partial charge >= 0.3 is 0 Å². The highest BCUT2D eigenvalue weighted by Crippen LogP contribution is 2.18. The van der Waals surface area contributed by atoms with Crippen LogP contribution in [0, 0.1) is 0 Å². The number of nitrogens with zero attached hydrogens (tertiary/aromatic N) is 2. The van der Waals surface area contributed by atoms with Gasteiger partial charge in [0.25, 0.3) is 11.8 Å². The van der Waals surface area contributed by atoms with E-state index < -0.39 is 0 Å². The molecule has 6 heteroatoms. The molecule has 2 amide bonds. The lowest BCUT2D eigenvalue weighted by Crippen LogP contribution is -2.13. The van der Waals surface area contributed by atoms with Gasteiger partial charge in [0.2, 0.25) is 0 Å². The third-order valence-electron chi connectivity index (χ3n) is 5.11. The van der Waals surface area contributed by atoms with Gasteiger partial charge in [0.05, 0.1) is 22.2 Å². The number of nitrogens with one attached hydrogen (secondary N) is 2. The first-order chi connectivity index (χ1) is 15.7. The summed E-state index contributed by atoms with van der Waals surface area (Å²) >= 11 is 0. The second kappa shape index (κ2) is 8.28. The molecule has 0 fully saturated rings. The Morgan fingerprint density at radius 3 is 1.41 bits per heavy atom. The lowest BCUT2D eigenvalue weighted by molar-refractivity contribution is 0.101. The maximum Gasteiger partial charge on any atom is 0.257 e. The molecule has 0 aliphatic heterocycles. The molecular weight excluding hydrogens is 400 g/mol. The first kappa shape index (κ1) is 19.4. The Labute approximate surface area is 184 Å². The summed E-state index contributed by atoms with van der Waals surface area (Å²) < 4.78 is 0. The van der Waals surface area contributed by atoms with Gasteiger partial charge in [-0.2, -0.15) is 0 Å². The fraction of sp³-hybridized carbons (Fsp3) is 0. The molecule has 154 valence electrons. The smallest absolute Gasteiger partial charge is 0.257 e. The topological polar surface area (TPSA) is 84.0 Å². The number of carbonyl (C=O) groups excluding carboxylic acids is 2. The third kappa shape index (κ3) is 4.02. The van der Waals surface area contributed by atoms with E-state index in [2.05, 4.69) is 20.6 Å². The van der Waals surface area contributed by atoms with Crippen molar-refractivity contribution in [3.8, 4) is 0 Å². The van der Waals surface area contributed by atoms with Crippen LogP contribution in [0.25, 0.3) is 21.8 Å². The Balaban J connectivity index is 1.26. The van der Waals surface area contributed by atoms with Crippen molar-refractivity contribution in [3.63, 3.8) is 0 Å². The second-order valence-corrected chi connectivity index (χ2v) is 7.32. The van der Waals surface area contributed by atoms with Crippen LogP contribution in [0.5, 0.6) is 0 Å². The summed E-state index contributed by atoms with van der Waals surface area (Å²) in [6.07, 6.45) is 3.12. The minimum absolute atomic E-state index is 0.248. The first-order valence-electron chi connectivity index (χ1n) is 10.1. The monoisotopic (exact) mass is 418 g/mol. The molecule has 0 bridgehead atoms. The van der Waals surface area contributed by atoms with Crippen molar-refractivity contribution in [2.24, 2.45) is 0 Å². The largest absolute Gasteiger partial charge is 0.322 e. The number of fused-ring (bicyclic) bond motifs is 2. The van der Waals surface area contributed by atoms with E-state index in [1.807, 2.05) is 60.7 Å². The fourth-order valence-electron chi connectivity index (χ4n) is 3.43. The molecule has 0 atom stereocenters. The van der Waals surface area contributed by atoms with Crippen molar-refractivity contribution in [2.45, 2.75) is 0 Å². The zero-order valence-electron chi connectivity index (χ0n) is 16.9. The number of hydrogen-bond donors (Lipinski definition) is 2. The SMILES string of the molecule is O=C(Nc1ccc(NC(=O)c2cnc3ccccc3c2)cc1)c1cnc2ccccc2c1. The molecule has 5 aromatic rings. The van der Waals surface area contributed by atoms with Crippen LogP contribution in [-0.4, -0.2) is 21.8 Å². The Morgan fingerprint density at radius 2 is 0.969 bits per heavy atom. The standard InChI is InChI=1S/C26H18N4O2/c31-25(19-13-17-5-1-3-7-23(17)27-15-19)29-21-9-11-22(12-10-21)30-26(32)20-14-18-6-2-4-8-24(18)28-16-20/h1-16H,(H,29,31)(H,30,32). The number of rotatable bonds is 4. The molecule has 0 saturated carbocycles. The minimum atomic E-state index is -0.248. The Morgan fingerprint density at radius 1 is 0.562 bits per heavy atom. The summed E-state index contributed by atoms with van der Waals surface area (Å²) in [5.41, 5.74) is 3.87. The van der Waals surface area contributed by atoms with Crippen LogP contribution in [0.3, 0.4) is 0 Å². The van der Waals surface area contributed by atoms with Gasteiger partial charge in [-0.15, -0.1) is 0 Å². The van der Waals surface area contributed by atoms with Crippen molar-refractivity contribution < 1.29 is 9.59 Å². The van der Waals surface area contributed by atoms with Gasteiger partial charge in [0.1, 0.15) is 0 Å². The molecule has 0 saturated heterocycles. The number of pyridine rings is 2. The van der Waals surface area contributed by atoms with Crippen molar-refractivity contribution >= 4 is 45.0 Å². The van der Waals surface area contributed by atoms with Crippen molar-refractivity contribution in [1.29, 1.82) is 0 Å². The molecular formula is C26H18N4O2. The van der Waals surface area contributed by atoms with E-state index in [1.54, 1.807) is 36.7 Å². The molecule has 5 rings (SSSR count). The fourth-order valence-corrected chi connectivity index (χ4v) is 3.43. The highest BCUT2D eigenvalue weighted by molar-refractivity contribution is 6.07. The van der Waals surface area contributed by atoms with Gasteiger partial charge in [-0.3, -0.25) is 19.6 Å². The van der Waals surface area contributed by atoms with Gasteiger partial charge in [0.15, 0.2) is 0 Å². The number of anilines is 2. The van der Waals surface area contributed by atoms with Gasteiger partial charge in [-0.25, -0.2) is 0 Å². The summed E-state index contributed by atoms with van der Waals surface area (Å²) in [7, 11) is 0. The Bertz CT molecular complexity index is 1350. The minimum Gasteiger partial charge on any atom is -0.322 e. The number of amides is 2. The lowest BCUT2D eigenvalue weighted by Gasteiger charge is -2.09. The average Bonchev–Trinajstić information content (AvgIpc) is 2.84. The van der Waals surface area contributed by atoms with Crippen molar-refractivity contribution in [1.82, 2.24) is 9.97 Å². The highest BCUT2D eigenvalue weighted by atomic mass is 16.2. The van der Waals surface area contributed by atoms with Crippen LogP contribution < -0.4 is 10.6 Å². The average molecular weight is 418 g/mol. The number of benzene rings is 3. The normalized spacial score (nSPS) is 10.8. The molecule has 0 unspecified atom stereocenters. The molecule has 2 N–H and O–H groups in total. The van der Waals surface area contributed by atoms with Crippen molar-refractivity contribution in [3.05, 3.63) is 108 Å². The predicted octanol–water partition coefficient (Wildman–Crippen LogP) is 5.29. The van der Waals surface area contributed by atoms with E-state index >= 15 is 0 Å². The molecule has 0 aliphatic rings. The predicted molar refractivity (Wildman–Crippen MR) is 126 cm³/mol. The van der Waals surface area contributed by atoms with Gasteiger partial charge in [0, 0.05) is 34.5 Å². The number of para-hydroxylation sites is 2. The van der Waals surface area contributed by atoms with Crippen molar-refractivity contribution in [2.75, 3.05) is 10.6 Å². The van der Waals surface area contributed by atoms with Crippen LogP contribution in [0.1, 0.15) is 20.7 Å². The first-order valence-corrected chi connectivity index (χ1v) is 10.1. The second-order valence-electron chi connectivity index (χ2n) is 7.32. The van der Waals surface area contributed by atoms with Gasteiger partial charge < -0.3 is 10.6 Å². The Hall–Kier alpha value is -4.58. The van der Waals surface area contributed by atoms with Crippen LogP contribution in [0.2, 0.25) is 0 Å². The summed E-state index contributed by atoms with van der Waals surface area (Å²) in [6.45, 7) is 0. The number of carbonyl (C=O) groups is 2. The van der Waals surface area contributed by atoms with E-state index in [-0.39, 0.29) is 11.8 Å². The molecule has 0 radical (unpaired) electrons. The van der Waals surface area contributed by atoms with E-state index in [1.165, 1.54) is 0 Å². The maximum atomic E-state index is 12.6. The lowest BCUT2D eigenvalue weighted by atomic mass is 10.1. The maximum absolute atomic E-state index is 12.6. The molecule has 6 nitrogen and oxygen atoms in total. The summed E-state index contributed by atoms with van der Waals surface area (Å²) in [4.78, 5) is 33.8. The van der Waals surface area contributed by atoms with Crippen LogP contribution in [0.15, 0.2) is 97.3 Å². The van der Waals surface area contributed by atoms with Gasteiger partial charge in [-0.1, -0.05) is 36.4 Å². The van der Waals surface area contributed by atoms with Gasteiger partial charge in [-0.05, 0) is 48.5 Å². The van der Waals surface area contributed by atoms with E-state index in [4.69, 9.17) is 0 Å². The molecule has 3 aromatic carbocycles. The van der Waals surface area contributed by atoms with Crippen LogP contribution in [0.4, 0.5) is 11.4 Å². The number of hydrogen-bond acceptors (Lipinski definition) is 4. The summed E-state index contributed by atoms with van der Waals surface area (Å²) in [5.74, 6) is -0.496. The summed E-state index contributed by atoms with van der Waals surface area (Å²) in [5, 5.41) is 7.52. The van der Waals surface area contributed by atoms with E-state index in [0.717, 1.165) is 21.8 Å².